The van der Waals surface area contributed by atoms with Crippen molar-refractivity contribution in [3.05, 3.63) is 33.8 Å². The Hall–Kier alpha value is -0.770. The molecule has 1 unspecified atom stereocenters. The molecule has 0 bridgehead atoms. The standard InChI is InChI=1S/C12H15Cl2NO2/c1-8(15-6-5-12(16)17-2)10-7-9(13)3-4-11(10)14/h3-4,7-8,15H,5-6H2,1-2H3. The van der Waals surface area contributed by atoms with Crippen LogP contribution in [-0.4, -0.2) is 19.6 Å². The smallest absolute Gasteiger partial charge is 0.306 e. The van der Waals surface area contributed by atoms with Crippen molar-refractivity contribution < 1.29 is 9.53 Å². The highest BCUT2D eigenvalue weighted by Gasteiger charge is 2.10. The SMILES string of the molecule is COC(=O)CCNC(C)c1cc(Cl)ccc1Cl. The van der Waals surface area contributed by atoms with E-state index in [2.05, 4.69) is 10.1 Å². The third-order valence-corrected chi connectivity index (χ3v) is 3.01. The normalized spacial score (nSPS) is 12.2. The Morgan fingerprint density at radius 2 is 2.18 bits per heavy atom. The minimum Gasteiger partial charge on any atom is -0.469 e. The van der Waals surface area contributed by atoms with Crippen molar-refractivity contribution in [1.82, 2.24) is 5.32 Å². The van der Waals surface area contributed by atoms with Crippen molar-refractivity contribution >= 4 is 29.2 Å². The zero-order valence-corrected chi connectivity index (χ0v) is 11.3. The van der Waals surface area contributed by atoms with Crippen molar-refractivity contribution in [2.24, 2.45) is 0 Å². The number of rotatable bonds is 5. The first-order valence-electron chi connectivity index (χ1n) is 5.29. The van der Waals surface area contributed by atoms with Gasteiger partial charge in [0.25, 0.3) is 0 Å². The van der Waals surface area contributed by atoms with Crippen molar-refractivity contribution in [3.8, 4) is 0 Å². The lowest BCUT2D eigenvalue weighted by Crippen LogP contribution is -2.22. The average molecular weight is 276 g/mol. The zero-order valence-electron chi connectivity index (χ0n) is 9.80. The summed E-state index contributed by atoms with van der Waals surface area (Å²) in [5, 5.41) is 4.49. The van der Waals surface area contributed by atoms with Crippen LogP contribution in [-0.2, 0) is 9.53 Å². The molecular formula is C12H15Cl2NO2. The molecule has 0 heterocycles. The number of ether oxygens (including phenoxy) is 1. The van der Waals surface area contributed by atoms with Crippen LogP contribution in [0.4, 0.5) is 0 Å². The Bertz CT molecular complexity index is 396. The fourth-order valence-electron chi connectivity index (χ4n) is 1.45. The van der Waals surface area contributed by atoms with E-state index in [-0.39, 0.29) is 12.0 Å². The molecule has 3 nitrogen and oxygen atoms in total. The minimum atomic E-state index is -0.234. The average Bonchev–Trinajstić information content (AvgIpc) is 2.31. The van der Waals surface area contributed by atoms with Crippen LogP contribution in [0.25, 0.3) is 0 Å². The Morgan fingerprint density at radius 1 is 1.47 bits per heavy atom. The van der Waals surface area contributed by atoms with Gasteiger partial charge in [0.2, 0.25) is 0 Å². The maximum absolute atomic E-state index is 10.9. The second kappa shape index (κ2) is 6.84. The Morgan fingerprint density at radius 3 is 2.82 bits per heavy atom. The van der Waals surface area contributed by atoms with E-state index in [1.165, 1.54) is 7.11 Å². The predicted molar refractivity (Wildman–Crippen MR) is 69.5 cm³/mol. The van der Waals surface area contributed by atoms with Gasteiger partial charge >= 0.3 is 5.97 Å². The number of carbonyl (C=O) groups is 1. The maximum Gasteiger partial charge on any atom is 0.306 e. The number of hydrogen-bond donors (Lipinski definition) is 1. The molecule has 1 atom stereocenters. The van der Waals surface area contributed by atoms with Crippen LogP contribution in [0.15, 0.2) is 18.2 Å². The molecule has 17 heavy (non-hydrogen) atoms. The van der Waals surface area contributed by atoms with Gasteiger partial charge in [-0.05, 0) is 30.7 Å². The molecule has 94 valence electrons. The van der Waals surface area contributed by atoms with E-state index >= 15 is 0 Å². The van der Waals surface area contributed by atoms with Gasteiger partial charge < -0.3 is 10.1 Å². The molecule has 0 aliphatic heterocycles. The van der Waals surface area contributed by atoms with Gasteiger partial charge in [-0.25, -0.2) is 0 Å². The summed E-state index contributed by atoms with van der Waals surface area (Å²) in [6.45, 7) is 2.51. The summed E-state index contributed by atoms with van der Waals surface area (Å²) in [6.07, 6.45) is 0.332. The van der Waals surface area contributed by atoms with Gasteiger partial charge in [-0.1, -0.05) is 23.2 Å². The molecule has 1 rings (SSSR count). The van der Waals surface area contributed by atoms with E-state index in [9.17, 15) is 4.79 Å². The highest BCUT2D eigenvalue weighted by atomic mass is 35.5. The van der Waals surface area contributed by atoms with Crippen molar-refractivity contribution in [3.63, 3.8) is 0 Å². The molecule has 0 aliphatic rings. The van der Waals surface area contributed by atoms with E-state index in [1.807, 2.05) is 13.0 Å². The fraction of sp³-hybridized carbons (Fsp3) is 0.417. The van der Waals surface area contributed by atoms with Gasteiger partial charge in [-0.3, -0.25) is 4.79 Å². The summed E-state index contributed by atoms with van der Waals surface area (Å²) in [4.78, 5) is 10.9. The van der Waals surface area contributed by atoms with E-state index < -0.39 is 0 Å². The van der Waals surface area contributed by atoms with Crippen molar-refractivity contribution in [2.45, 2.75) is 19.4 Å². The van der Waals surface area contributed by atoms with E-state index in [4.69, 9.17) is 23.2 Å². The van der Waals surface area contributed by atoms with Gasteiger partial charge in [-0.2, -0.15) is 0 Å². The predicted octanol–water partition coefficient (Wildman–Crippen LogP) is 3.21. The quantitative estimate of drug-likeness (QED) is 0.839. The summed E-state index contributed by atoms with van der Waals surface area (Å²) < 4.78 is 4.55. The Kier molecular flexibility index (Phi) is 5.75. The van der Waals surface area contributed by atoms with E-state index in [0.717, 1.165) is 5.56 Å². The molecule has 0 saturated carbocycles. The highest BCUT2D eigenvalue weighted by Crippen LogP contribution is 2.25. The number of esters is 1. The molecule has 0 amide bonds. The summed E-state index contributed by atoms with van der Waals surface area (Å²) in [7, 11) is 1.37. The number of nitrogens with one attached hydrogen (secondary N) is 1. The lowest BCUT2D eigenvalue weighted by Gasteiger charge is -2.15. The van der Waals surface area contributed by atoms with Crippen LogP contribution in [0.3, 0.4) is 0 Å². The molecule has 0 aliphatic carbocycles. The number of halogens is 2. The van der Waals surface area contributed by atoms with E-state index in [1.54, 1.807) is 12.1 Å². The first-order valence-corrected chi connectivity index (χ1v) is 6.05. The lowest BCUT2D eigenvalue weighted by atomic mass is 10.1. The Balaban J connectivity index is 2.54. The largest absolute Gasteiger partial charge is 0.469 e. The molecule has 0 spiro atoms. The van der Waals surface area contributed by atoms with E-state index in [0.29, 0.717) is 23.0 Å². The second-order valence-electron chi connectivity index (χ2n) is 3.67. The highest BCUT2D eigenvalue weighted by molar-refractivity contribution is 6.33. The molecule has 1 aromatic rings. The second-order valence-corrected chi connectivity index (χ2v) is 4.51. The lowest BCUT2D eigenvalue weighted by molar-refractivity contribution is -0.140. The van der Waals surface area contributed by atoms with Crippen LogP contribution in [0.5, 0.6) is 0 Å². The monoisotopic (exact) mass is 275 g/mol. The first-order chi connectivity index (χ1) is 8.04. The fourth-order valence-corrected chi connectivity index (χ4v) is 1.91. The summed E-state index contributed by atoms with van der Waals surface area (Å²) >= 11 is 12.0. The summed E-state index contributed by atoms with van der Waals surface area (Å²) in [5.74, 6) is -0.234. The third kappa shape index (κ3) is 4.54. The van der Waals surface area contributed by atoms with Crippen LogP contribution in [0, 0.1) is 0 Å². The van der Waals surface area contributed by atoms with Gasteiger partial charge in [0, 0.05) is 22.6 Å². The van der Waals surface area contributed by atoms with Crippen molar-refractivity contribution in [1.29, 1.82) is 0 Å². The van der Waals surface area contributed by atoms with Crippen LogP contribution >= 0.6 is 23.2 Å². The first kappa shape index (κ1) is 14.3. The van der Waals surface area contributed by atoms with Gasteiger partial charge in [0.1, 0.15) is 0 Å². The molecular weight excluding hydrogens is 261 g/mol. The molecule has 5 heteroatoms. The molecule has 1 aromatic carbocycles. The van der Waals surface area contributed by atoms with Crippen LogP contribution in [0.1, 0.15) is 24.9 Å². The molecule has 1 N–H and O–H groups in total. The number of methoxy groups -OCH3 is 1. The number of hydrogen-bond acceptors (Lipinski definition) is 3. The summed E-state index contributed by atoms with van der Waals surface area (Å²) in [5.41, 5.74) is 0.920. The third-order valence-electron chi connectivity index (χ3n) is 2.43. The van der Waals surface area contributed by atoms with Crippen LogP contribution in [0.2, 0.25) is 10.0 Å². The molecule has 0 aromatic heterocycles. The van der Waals surface area contributed by atoms with Crippen molar-refractivity contribution in [2.75, 3.05) is 13.7 Å². The minimum absolute atomic E-state index is 0.0332. The van der Waals surface area contributed by atoms with Crippen LogP contribution < -0.4 is 5.32 Å². The van der Waals surface area contributed by atoms with Gasteiger partial charge in [0.05, 0.1) is 13.5 Å². The molecule has 0 radical (unpaired) electrons. The number of carbonyl (C=O) groups excluding carboxylic acids is 1. The summed E-state index contributed by atoms with van der Waals surface area (Å²) in [6, 6.07) is 5.36. The molecule has 0 saturated heterocycles. The number of benzene rings is 1. The Labute approximate surface area is 111 Å². The molecule has 0 fully saturated rings. The maximum atomic E-state index is 10.9. The zero-order chi connectivity index (χ0) is 12.8. The topological polar surface area (TPSA) is 38.3 Å². The van der Waals surface area contributed by atoms with Gasteiger partial charge in [0.15, 0.2) is 0 Å². The van der Waals surface area contributed by atoms with Gasteiger partial charge in [-0.15, -0.1) is 0 Å².